The zero-order valence-electron chi connectivity index (χ0n) is 16.6. The minimum atomic E-state index is -4.54. The monoisotopic (exact) mass is 491 g/mol. The van der Waals surface area contributed by atoms with Crippen molar-refractivity contribution in [2.45, 2.75) is 29.6 Å². The molecule has 1 fully saturated rings. The summed E-state index contributed by atoms with van der Waals surface area (Å²) in [6, 6.07) is 2.14. The van der Waals surface area contributed by atoms with Gasteiger partial charge < -0.3 is 30.2 Å². The number of hydrogen-bond donors (Lipinski definition) is 5. The summed E-state index contributed by atoms with van der Waals surface area (Å²) in [7, 11) is -4.54. The van der Waals surface area contributed by atoms with Gasteiger partial charge in [-0.1, -0.05) is 0 Å². The van der Waals surface area contributed by atoms with Gasteiger partial charge in [0.25, 0.3) is 5.91 Å². The van der Waals surface area contributed by atoms with Gasteiger partial charge in [0, 0.05) is 5.88 Å². The van der Waals surface area contributed by atoms with Crippen molar-refractivity contribution < 1.29 is 71.8 Å². The molecule has 1 aliphatic heterocycles. The second-order valence-electron chi connectivity index (χ2n) is 6.51. The van der Waals surface area contributed by atoms with Gasteiger partial charge in [-0.15, -0.1) is 0 Å². The van der Waals surface area contributed by atoms with Gasteiger partial charge in [-0.25, -0.2) is 15.4 Å². The summed E-state index contributed by atoms with van der Waals surface area (Å²) in [6.45, 7) is 0. The van der Waals surface area contributed by atoms with E-state index in [0.29, 0.717) is 0 Å². The number of ether oxygens (including phenoxy) is 1. The molecule has 0 radical (unpaired) electrons. The predicted octanol–water partition coefficient (Wildman–Crippen LogP) is -5.90. The van der Waals surface area contributed by atoms with E-state index in [1.165, 1.54) is 6.07 Å². The topological polar surface area (TPSA) is 251 Å². The van der Waals surface area contributed by atoms with E-state index in [2.05, 4.69) is 20.1 Å². The number of aromatic nitrogens is 4. The zero-order chi connectivity index (χ0) is 23.2. The summed E-state index contributed by atoms with van der Waals surface area (Å²) in [4.78, 5) is 23.5. The maximum Gasteiger partial charge on any atom is 1.00 e. The molecule has 3 aromatic rings. The Bertz CT molecular complexity index is 1320. The number of anilines is 1. The van der Waals surface area contributed by atoms with Crippen LogP contribution in [0.5, 0.6) is 5.88 Å². The molecule has 33 heavy (non-hydrogen) atoms. The van der Waals surface area contributed by atoms with Crippen LogP contribution in [-0.4, -0.2) is 73.1 Å². The summed E-state index contributed by atoms with van der Waals surface area (Å²) in [5.41, 5.74) is 7.29. The van der Waals surface area contributed by atoms with E-state index in [9.17, 15) is 28.5 Å². The van der Waals surface area contributed by atoms with Gasteiger partial charge in [-0.3, -0.25) is 13.9 Å². The van der Waals surface area contributed by atoms with Crippen molar-refractivity contribution in [1.82, 2.24) is 24.9 Å². The molecule has 0 spiro atoms. The Morgan fingerprint density at radius 1 is 1.30 bits per heavy atom. The molecule has 1 amide bonds. The minimum absolute atomic E-state index is 0. The van der Waals surface area contributed by atoms with Crippen molar-refractivity contribution >= 4 is 39.4 Å². The molecular formula is C15H14N7NaO9S. The van der Waals surface area contributed by atoms with Crippen LogP contribution in [0.2, 0.25) is 0 Å². The van der Waals surface area contributed by atoms with E-state index < -0.39 is 51.5 Å². The van der Waals surface area contributed by atoms with E-state index in [1.807, 2.05) is 5.43 Å². The van der Waals surface area contributed by atoms with Crippen molar-refractivity contribution in [2.24, 2.45) is 5.10 Å². The van der Waals surface area contributed by atoms with Gasteiger partial charge in [-0.05, 0) is 12.1 Å². The average molecular weight is 491 g/mol. The number of hydrazone groups is 1. The number of hydrogen-bond acceptors (Lipinski definition) is 13. The van der Waals surface area contributed by atoms with Crippen LogP contribution in [0.25, 0.3) is 11.2 Å². The summed E-state index contributed by atoms with van der Waals surface area (Å²) in [5, 5.41) is 35.2. The molecule has 0 aromatic carbocycles. The minimum Gasteiger partial charge on any atom is -0.857 e. The molecule has 18 heteroatoms. The van der Waals surface area contributed by atoms with Crippen LogP contribution in [-0.2, 0) is 19.6 Å². The largest absolute Gasteiger partial charge is 1.00 e. The van der Waals surface area contributed by atoms with Crippen LogP contribution in [0.4, 0.5) is 5.95 Å². The number of imidazole rings is 1. The third-order valence-electron chi connectivity index (χ3n) is 4.40. The molecule has 4 rings (SSSR count). The van der Waals surface area contributed by atoms with Crippen LogP contribution in [0.15, 0.2) is 33.1 Å². The molecule has 1 aliphatic rings. The molecule has 0 saturated carbocycles. The molecule has 3 aromatic heterocycles. The molecule has 4 atom stereocenters. The van der Waals surface area contributed by atoms with Gasteiger partial charge in [0.05, 0.1) is 12.5 Å². The molecule has 4 heterocycles. The van der Waals surface area contributed by atoms with Crippen molar-refractivity contribution in [3.63, 3.8) is 0 Å². The summed E-state index contributed by atoms with van der Waals surface area (Å²) < 4.78 is 42.1. The molecular weight excluding hydrogens is 477 g/mol. The number of carbonyl (C=O) groups excluding carboxylic acids is 1. The fourth-order valence-electron chi connectivity index (χ4n) is 2.96. The van der Waals surface area contributed by atoms with Gasteiger partial charge in [0.2, 0.25) is 11.0 Å². The average Bonchev–Trinajstić information content (AvgIpc) is 3.41. The van der Waals surface area contributed by atoms with Gasteiger partial charge >= 0.3 is 39.7 Å². The summed E-state index contributed by atoms with van der Waals surface area (Å²) >= 11 is 0. The molecule has 0 unspecified atom stereocenters. The van der Waals surface area contributed by atoms with Gasteiger partial charge in [0.1, 0.15) is 23.5 Å². The Labute approximate surface area is 206 Å². The van der Waals surface area contributed by atoms with Crippen molar-refractivity contribution in [1.29, 1.82) is 0 Å². The first-order valence-electron chi connectivity index (χ1n) is 8.65. The molecule has 0 bridgehead atoms. The number of nitrogens with one attached hydrogen (secondary N) is 1. The summed E-state index contributed by atoms with van der Waals surface area (Å²) in [5.74, 6) is -2.16. The van der Waals surface area contributed by atoms with E-state index >= 15 is 0 Å². The standard InChI is InChI=1S/C15H15N7O9S.Na/c16-15-19-11-7(12(25)20-15)17-4-22(11)14-9(24)8(23)10(31-14)13(26)21-18-3-5-1-2-6(30-5)32(27,28)29;/h1-4,8-10,14,23-24H,(H,21,26)(H,27,28,29)(H3,16,19,20,25);/q;+1/p-1/b18-3-;/t8-,9+,10-,14+;/m0./s1. The fourth-order valence-corrected chi connectivity index (χ4v) is 3.41. The zero-order valence-corrected chi connectivity index (χ0v) is 19.4. The number of amides is 1. The summed E-state index contributed by atoms with van der Waals surface area (Å²) in [6.07, 6.45) is -4.18. The molecule has 170 valence electrons. The number of rotatable bonds is 5. The Kier molecular flexibility index (Phi) is 7.05. The van der Waals surface area contributed by atoms with E-state index in [4.69, 9.17) is 19.4 Å². The SMILES string of the molecule is Nc1nc([O-])c2ncn([C@@H]3O[C@H](C(=O)N/N=C\c4ccc(S(=O)(=O)O)o4)[C@@H](O)[C@H]3O)c2n1.[Na+]. The number of nitrogen functional groups attached to an aromatic ring is 1. The van der Waals surface area contributed by atoms with E-state index in [0.717, 1.165) is 23.2 Å². The molecule has 1 saturated heterocycles. The van der Waals surface area contributed by atoms with Gasteiger partial charge in [-0.2, -0.15) is 18.5 Å². The number of aliphatic hydroxyl groups excluding tert-OH is 2. The first kappa shape index (κ1) is 25.0. The number of nitrogens with two attached hydrogens (primary N) is 1. The van der Waals surface area contributed by atoms with Crippen molar-refractivity contribution in [3.05, 3.63) is 24.2 Å². The van der Waals surface area contributed by atoms with E-state index in [-0.39, 0.29) is 52.4 Å². The number of furan rings is 1. The van der Waals surface area contributed by atoms with Crippen LogP contribution in [0, 0.1) is 0 Å². The first-order valence-corrected chi connectivity index (χ1v) is 10.1. The smallest absolute Gasteiger partial charge is 0.857 e. The number of carbonyl (C=O) groups is 1. The maximum absolute atomic E-state index is 12.3. The van der Waals surface area contributed by atoms with Crippen molar-refractivity contribution in [3.8, 4) is 5.88 Å². The Morgan fingerprint density at radius 2 is 2.03 bits per heavy atom. The normalized spacial score (nSPS) is 23.1. The second-order valence-corrected chi connectivity index (χ2v) is 7.86. The number of fused-ring (bicyclic) bond motifs is 1. The second kappa shape index (κ2) is 9.31. The fraction of sp³-hybridized carbons (Fsp3) is 0.267. The number of aliphatic hydroxyl groups is 2. The van der Waals surface area contributed by atoms with Crippen LogP contribution < -0.4 is 45.8 Å². The third kappa shape index (κ3) is 4.84. The predicted molar refractivity (Wildman–Crippen MR) is 99.4 cm³/mol. The van der Waals surface area contributed by atoms with Crippen LogP contribution in [0.3, 0.4) is 0 Å². The van der Waals surface area contributed by atoms with Gasteiger partial charge in [0.15, 0.2) is 18.0 Å². The molecule has 0 aliphatic carbocycles. The Balaban J connectivity index is 0.00000306. The Morgan fingerprint density at radius 3 is 2.70 bits per heavy atom. The molecule has 6 N–H and O–H groups in total. The maximum atomic E-state index is 12.3. The quantitative estimate of drug-likeness (QED) is 0.0966. The van der Waals surface area contributed by atoms with Crippen LogP contribution in [0.1, 0.15) is 12.0 Å². The van der Waals surface area contributed by atoms with E-state index in [1.54, 1.807) is 0 Å². The number of nitrogens with zero attached hydrogens (tertiary/aromatic N) is 5. The van der Waals surface area contributed by atoms with Crippen LogP contribution >= 0.6 is 0 Å². The molecule has 16 nitrogen and oxygen atoms in total. The third-order valence-corrected chi connectivity index (χ3v) is 5.13. The van der Waals surface area contributed by atoms with Crippen molar-refractivity contribution in [2.75, 3.05) is 5.73 Å². The Hall–Kier alpha value is -2.64. The first-order chi connectivity index (χ1) is 15.1.